The normalized spacial score (nSPS) is 24.3. The Balaban J connectivity index is 0.000000240. The van der Waals surface area contributed by atoms with Crippen LogP contribution >= 0.6 is 11.6 Å². The van der Waals surface area contributed by atoms with Crippen molar-refractivity contribution < 1.29 is 18.4 Å². The first-order valence-electron chi connectivity index (χ1n) is 11.9. The summed E-state index contributed by atoms with van der Waals surface area (Å²) in [4.78, 5) is 24.3. The van der Waals surface area contributed by atoms with Crippen molar-refractivity contribution in [1.82, 2.24) is 10.6 Å². The molecule has 4 nitrogen and oxygen atoms in total. The number of rotatable bonds is 4. The lowest BCUT2D eigenvalue weighted by Crippen LogP contribution is -2.49. The molecule has 2 saturated carbocycles. The van der Waals surface area contributed by atoms with Gasteiger partial charge in [-0.05, 0) is 76.0 Å². The molecular weight excluding hydrogens is 470 g/mol. The number of benzene rings is 2. The quantitative estimate of drug-likeness (QED) is 0.506. The first kappa shape index (κ1) is 29.1. The topological polar surface area (TPSA) is 58.2 Å². The molecule has 7 heteroatoms. The van der Waals surface area contributed by atoms with E-state index in [-0.39, 0.29) is 30.6 Å². The van der Waals surface area contributed by atoms with Gasteiger partial charge in [-0.1, -0.05) is 50.1 Å². The molecule has 192 valence electrons. The Hall–Kier alpha value is -2.15. The number of halogens is 3. The third kappa shape index (κ3) is 5.82. The second kappa shape index (κ2) is 12.2. The number of hydrogen-bond donors (Lipinski definition) is 2. The van der Waals surface area contributed by atoms with Gasteiger partial charge in [-0.25, -0.2) is 8.78 Å². The van der Waals surface area contributed by atoms with Crippen LogP contribution in [0.15, 0.2) is 36.4 Å². The largest absolute Gasteiger partial charge is 0.304 e. The first-order chi connectivity index (χ1) is 16.2. The second-order valence-electron chi connectivity index (χ2n) is 9.18. The van der Waals surface area contributed by atoms with Crippen LogP contribution < -0.4 is 10.6 Å². The van der Waals surface area contributed by atoms with Gasteiger partial charge < -0.3 is 10.6 Å². The number of likely N-dealkylation sites (N-methyl/N-ethyl adjacent to an activating group) is 2. The van der Waals surface area contributed by atoms with E-state index in [2.05, 4.69) is 10.6 Å². The molecule has 0 bridgehead atoms. The van der Waals surface area contributed by atoms with Crippen LogP contribution in [0.5, 0.6) is 0 Å². The van der Waals surface area contributed by atoms with Crippen LogP contribution in [0.1, 0.15) is 75.5 Å². The molecule has 0 radical (unpaired) electrons. The standard InChI is InChI=1S/C14H18FNO.C13H15ClFNO.CH4/c1-10-6-7-11(12(15)9-10)14(16-2)8-4-3-5-13(14)17;1-16-13(7-3-2-4-12(13)17)10-6-5-9(15)8-11(10)14;/h6-7,9,16H,3-5,8H2,1-2H3;5-6,8,16H,2-4,7H2,1H3;1H4. The van der Waals surface area contributed by atoms with Gasteiger partial charge in [-0.15, -0.1) is 0 Å². The van der Waals surface area contributed by atoms with Crippen molar-refractivity contribution in [2.75, 3.05) is 14.1 Å². The lowest BCUT2D eigenvalue weighted by Gasteiger charge is -2.36. The van der Waals surface area contributed by atoms with Gasteiger partial charge in [0.05, 0.1) is 0 Å². The van der Waals surface area contributed by atoms with Crippen molar-refractivity contribution in [1.29, 1.82) is 0 Å². The summed E-state index contributed by atoms with van der Waals surface area (Å²) in [7, 11) is 3.49. The van der Waals surface area contributed by atoms with E-state index in [1.54, 1.807) is 26.2 Å². The minimum absolute atomic E-state index is 0. The van der Waals surface area contributed by atoms with Gasteiger partial charge in [-0.2, -0.15) is 0 Å². The first-order valence-corrected chi connectivity index (χ1v) is 12.2. The van der Waals surface area contributed by atoms with Crippen molar-refractivity contribution in [3.05, 3.63) is 69.7 Å². The number of Topliss-reactive ketones (excluding diaryl/α,β-unsaturated/α-hetero) is 2. The fourth-order valence-electron chi connectivity index (χ4n) is 5.23. The summed E-state index contributed by atoms with van der Waals surface area (Å²) >= 11 is 6.06. The maximum atomic E-state index is 14.0. The van der Waals surface area contributed by atoms with E-state index in [0.717, 1.165) is 31.2 Å². The van der Waals surface area contributed by atoms with Gasteiger partial charge in [0.1, 0.15) is 22.7 Å². The van der Waals surface area contributed by atoms with Gasteiger partial charge in [0.15, 0.2) is 11.6 Å². The monoisotopic (exact) mass is 506 g/mol. The van der Waals surface area contributed by atoms with Gasteiger partial charge in [-0.3, -0.25) is 9.59 Å². The predicted octanol–water partition coefficient (Wildman–Crippen LogP) is 6.36. The molecule has 2 fully saturated rings. The minimum Gasteiger partial charge on any atom is -0.304 e. The van der Waals surface area contributed by atoms with E-state index in [1.807, 2.05) is 13.0 Å². The third-order valence-electron chi connectivity index (χ3n) is 7.19. The summed E-state index contributed by atoms with van der Waals surface area (Å²) in [6.07, 6.45) is 6.25. The lowest BCUT2D eigenvalue weighted by atomic mass is 9.75. The van der Waals surface area contributed by atoms with E-state index in [0.29, 0.717) is 41.8 Å². The fraction of sp³-hybridized carbons (Fsp3) is 0.500. The van der Waals surface area contributed by atoms with Crippen molar-refractivity contribution in [3.63, 3.8) is 0 Å². The molecule has 2 aromatic rings. The number of nitrogens with one attached hydrogen (secondary N) is 2. The number of carbonyl (C=O) groups excluding carboxylic acids is 2. The highest BCUT2D eigenvalue weighted by Crippen LogP contribution is 2.38. The van der Waals surface area contributed by atoms with Gasteiger partial charge in [0.2, 0.25) is 0 Å². The molecule has 2 N–H and O–H groups in total. The molecule has 2 aromatic carbocycles. The molecule has 0 heterocycles. The zero-order valence-corrected chi connectivity index (χ0v) is 20.8. The highest BCUT2D eigenvalue weighted by atomic mass is 35.5. The number of carbonyl (C=O) groups is 2. The van der Waals surface area contributed by atoms with Crippen molar-refractivity contribution >= 4 is 23.2 Å². The lowest BCUT2D eigenvalue weighted by molar-refractivity contribution is -0.128. The molecule has 2 atom stereocenters. The number of hydrogen-bond acceptors (Lipinski definition) is 4. The molecule has 2 aliphatic rings. The Bertz CT molecular complexity index is 978. The Morgan fingerprint density at radius 2 is 1.31 bits per heavy atom. The van der Waals surface area contributed by atoms with Gasteiger partial charge in [0.25, 0.3) is 0 Å². The molecule has 0 aromatic heterocycles. The molecule has 0 amide bonds. The smallest absolute Gasteiger partial charge is 0.157 e. The average Bonchev–Trinajstić information content (AvgIpc) is 2.81. The molecule has 2 aliphatic carbocycles. The highest BCUT2D eigenvalue weighted by Gasteiger charge is 2.42. The Kier molecular flexibility index (Phi) is 10.1. The Labute approximate surface area is 212 Å². The van der Waals surface area contributed by atoms with Crippen LogP contribution in [0.2, 0.25) is 5.02 Å². The van der Waals surface area contributed by atoms with Crippen LogP contribution in [0.3, 0.4) is 0 Å². The number of ketones is 2. The summed E-state index contributed by atoms with van der Waals surface area (Å²) in [5.74, 6) is -0.420. The molecule has 35 heavy (non-hydrogen) atoms. The second-order valence-corrected chi connectivity index (χ2v) is 9.59. The summed E-state index contributed by atoms with van der Waals surface area (Å²) in [6, 6.07) is 9.32. The minimum atomic E-state index is -0.809. The Morgan fingerprint density at radius 3 is 1.77 bits per heavy atom. The molecule has 4 rings (SSSR count). The number of aryl methyl sites for hydroxylation is 1. The van der Waals surface area contributed by atoms with E-state index in [1.165, 1.54) is 18.2 Å². The van der Waals surface area contributed by atoms with Crippen LogP contribution in [0.25, 0.3) is 0 Å². The van der Waals surface area contributed by atoms with E-state index in [4.69, 9.17) is 11.6 Å². The predicted molar refractivity (Wildman–Crippen MR) is 138 cm³/mol. The highest BCUT2D eigenvalue weighted by molar-refractivity contribution is 6.31. The summed E-state index contributed by atoms with van der Waals surface area (Å²) in [6.45, 7) is 1.85. The zero-order valence-electron chi connectivity index (χ0n) is 20.1. The Morgan fingerprint density at radius 1 is 0.800 bits per heavy atom. The van der Waals surface area contributed by atoms with Crippen molar-refractivity contribution in [3.8, 4) is 0 Å². The molecule has 0 spiro atoms. The van der Waals surface area contributed by atoms with Gasteiger partial charge >= 0.3 is 0 Å². The zero-order chi connectivity index (χ0) is 24.9. The third-order valence-corrected chi connectivity index (χ3v) is 7.50. The molecule has 0 aliphatic heterocycles. The molecule has 2 unspecified atom stereocenters. The van der Waals surface area contributed by atoms with E-state index >= 15 is 0 Å². The summed E-state index contributed by atoms with van der Waals surface area (Å²) in [5, 5.41) is 6.46. The fourth-order valence-corrected chi connectivity index (χ4v) is 5.56. The van der Waals surface area contributed by atoms with E-state index in [9.17, 15) is 18.4 Å². The molecular formula is C28H37ClF2N2O2. The maximum absolute atomic E-state index is 14.0. The van der Waals surface area contributed by atoms with Crippen LogP contribution in [-0.2, 0) is 20.7 Å². The van der Waals surface area contributed by atoms with Gasteiger partial charge in [0, 0.05) is 23.4 Å². The summed E-state index contributed by atoms with van der Waals surface area (Å²) < 4.78 is 27.1. The van der Waals surface area contributed by atoms with Crippen LogP contribution in [-0.4, -0.2) is 25.7 Å². The van der Waals surface area contributed by atoms with E-state index < -0.39 is 11.1 Å². The maximum Gasteiger partial charge on any atom is 0.157 e. The summed E-state index contributed by atoms with van der Waals surface area (Å²) in [5.41, 5.74) is 0.517. The van der Waals surface area contributed by atoms with Crippen LogP contribution in [0, 0.1) is 18.6 Å². The SMILES string of the molecule is C.CNC1(c2ccc(C)cc2F)CCCCC1=O.CNC1(c2ccc(F)cc2Cl)CCCCC1=O. The van der Waals surface area contributed by atoms with Crippen LogP contribution in [0.4, 0.5) is 8.78 Å². The molecule has 0 saturated heterocycles. The van der Waals surface area contributed by atoms with Crippen molar-refractivity contribution in [2.45, 2.75) is 76.8 Å². The average molecular weight is 507 g/mol. The van der Waals surface area contributed by atoms with Crippen molar-refractivity contribution in [2.24, 2.45) is 0 Å².